The van der Waals surface area contributed by atoms with Gasteiger partial charge in [-0.2, -0.15) is 13.2 Å². The lowest BCUT2D eigenvalue weighted by molar-refractivity contribution is -0.384. The fourth-order valence-corrected chi connectivity index (χ4v) is 2.69. The maximum absolute atomic E-state index is 12.6. The largest absolute Gasteiger partial charge is 0.391 e. The number of benzene rings is 1. The summed E-state index contributed by atoms with van der Waals surface area (Å²) in [7, 11) is 0. The molecule has 1 aromatic carbocycles. The lowest BCUT2D eigenvalue weighted by Crippen LogP contribution is -2.32. The smallest absolute Gasteiger partial charge is 0.381 e. The summed E-state index contributed by atoms with van der Waals surface area (Å²) < 4.78 is 37.8. The van der Waals surface area contributed by atoms with Crippen LogP contribution in [0.1, 0.15) is 25.7 Å². The van der Waals surface area contributed by atoms with Crippen LogP contribution in [0.5, 0.6) is 0 Å². The number of nitro benzene ring substituents is 1. The molecule has 116 valence electrons. The van der Waals surface area contributed by atoms with Crippen LogP contribution in [0, 0.1) is 16.0 Å². The van der Waals surface area contributed by atoms with Gasteiger partial charge in [0, 0.05) is 18.2 Å². The maximum Gasteiger partial charge on any atom is 0.391 e. The lowest BCUT2D eigenvalue weighted by atomic mass is 9.85. The van der Waals surface area contributed by atoms with Crippen LogP contribution in [0.2, 0.25) is 5.02 Å². The zero-order valence-corrected chi connectivity index (χ0v) is 11.7. The third-order valence-corrected chi connectivity index (χ3v) is 4.04. The van der Waals surface area contributed by atoms with E-state index in [9.17, 15) is 23.3 Å². The molecule has 4 nitrogen and oxygen atoms in total. The molecule has 1 N–H and O–H groups in total. The molecule has 0 unspecified atom stereocenters. The van der Waals surface area contributed by atoms with Crippen LogP contribution in [0.15, 0.2) is 18.2 Å². The van der Waals surface area contributed by atoms with Crippen LogP contribution in [0.3, 0.4) is 0 Å². The molecule has 0 bridgehead atoms. The van der Waals surface area contributed by atoms with Gasteiger partial charge in [0.1, 0.15) is 0 Å². The second kappa shape index (κ2) is 6.09. The minimum Gasteiger partial charge on any atom is -0.381 e. The van der Waals surface area contributed by atoms with Gasteiger partial charge < -0.3 is 5.32 Å². The number of alkyl halides is 3. The summed E-state index contributed by atoms with van der Waals surface area (Å²) in [5.41, 5.74) is 0.284. The summed E-state index contributed by atoms with van der Waals surface area (Å²) in [5.74, 6) is -1.25. The number of nitrogens with one attached hydrogen (secondary N) is 1. The van der Waals surface area contributed by atoms with E-state index in [0.717, 1.165) is 0 Å². The van der Waals surface area contributed by atoms with Gasteiger partial charge >= 0.3 is 6.18 Å². The van der Waals surface area contributed by atoms with E-state index in [1.54, 1.807) is 0 Å². The monoisotopic (exact) mass is 322 g/mol. The Kier molecular flexibility index (Phi) is 4.61. The molecule has 2 rings (SSSR count). The van der Waals surface area contributed by atoms with Crippen molar-refractivity contribution in [3.05, 3.63) is 33.3 Å². The first kappa shape index (κ1) is 15.9. The fraction of sp³-hybridized carbons (Fsp3) is 0.538. The zero-order chi connectivity index (χ0) is 15.6. The number of non-ortho nitro benzene ring substituents is 1. The predicted molar refractivity (Wildman–Crippen MR) is 73.5 cm³/mol. The normalized spacial score (nSPS) is 22.9. The van der Waals surface area contributed by atoms with Crippen molar-refractivity contribution in [2.45, 2.75) is 37.9 Å². The zero-order valence-electron chi connectivity index (χ0n) is 11.0. The van der Waals surface area contributed by atoms with Gasteiger partial charge in [0.2, 0.25) is 0 Å². The lowest BCUT2D eigenvalue weighted by Gasteiger charge is -2.31. The van der Waals surface area contributed by atoms with E-state index in [1.165, 1.54) is 18.2 Å². The minimum absolute atomic E-state index is 0.0632. The van der Waals surface area contributed by atoms with Crippen molar-refractivity contribution in [2.24, 2.45) is 5.92 Å². The molecule has 0 aromatic heterocycles. The highest BCUT2D eigenvalue weighted by Crippen LogP contribution is 2.38. The molecule has 0 saturated heterocycles. The first-order valence-corrected chi connectivity index (χ1v) is 6.92. The molecular formula is C13H14ClF3N2O2. The van der Waals surface area contributed by atoms with Gasteiger partial charge in [-0.25, -0.2) is 0 Å². The Hall–Kier alpha value is -1.50. The quantitative estimate of drug-likeness (QED) is 0.643. The molecule has 0 spiro atoms. The van der Waals surface area contributed by atoms with Gasteiger partial charge in [-0.15, -0.1) is 0 Å². The molecule has 1 saturated carbocycles. The third kappa shape index (κ3) is 4.00. The minimum atomic E-state index is -4.14. The highest BCUT2D eigenvalue weighted by Gasteiger charge is 2.41. The van der Waals surface area contributed by atoms with E-state index in [4.69, 9.17) is 11.6 Å². The Bertz CT molecular complexity index is 529. The van der Waals surface area contributed by atoms with Crippen molar-refractivity contribution in [2.75, 3.05) is 5.32 Å². The highest BCUT2D eigenvalue weighted by molar-refractivity contribution is 6.33. The summed E-state index contributed by atoms with van der Waals surface area (Å²) in [4.78, 5) is 10.2. The number of nitro groups is 1. The van der Waals surface area contributed by atoms with Crippen molar-refractivity contribution < 1.29 is 18.1 Å². The molecular weight excluding hydrogens is 309 g/mol. The summed E-state index contributed by atoms with van der Waals surface area (Å²) in [6.07, 6.45) is -3.29. The molecule has 0 heterocycles. The molecule has 1 aliphatic carbocycles. The van der Waals surface area contributed by atoms with Crippen molar-refractivity contribution in [1.82, 2.24) is 0 Å². The molecule has 0 atom stereocenters. The van der Waals surface area contributed by atoms with Gasteiger partial charge in [-0.1, -0.05) is 11.6 Å². The van der Waals surface area contributed by atoms with Crippen LogP contribution in [0.25, 0.3) is 0 Å². The number of hydrogen-bond donors (Lipinski definition) is 1. The SMILES string of the molecule is O=[N+]([O-])c1ccc(Cl)c(NC2CCC(C(F)(F)F)CC2)c1. The Balaban J connectivity index is 2.01. The van der Waals surface area contributed by atoms with E-state index >= 15 is 0 Å². The van der Waals surface area contributed by atoms with E-state index < -0.39 is 17.0 Å². The van der Waals surface area contributed by atoms with Gasteiger partial charge in [0.15, 0.2) is 0 Å². The first-order chi connectivity index (χ1) is 9.77. The second-order valence-electron chi connectivity index (χ2n) is 5.16. The summed E-state index contributed by atoms with van der Waals surface area (Å²) in [6.45, 7) is 0. The van der Waals surface area contributed by atoms with E-state index in [0.29, 0.717) is 23.6 Å². The molecule has 0 amide bonds. The average molecular weight is 323 g/mol. The number of anilines is 1. The molecule has 21 heavy (non-hydrogen) atoms. The van der Waals surface area contributed by atoms with Gasteiger partial charge in [0.05, 0.1) is 21.6 Å². The Morgan fingerprint density at radius 3 is 2.38 bits per heavy atom. The van der Waals surface area contributed by atoms with Gasteiger partial charge in [-0.3, -0.25) is 10.1 Å². The van der Waals surface area contributed by atoms with Gasteiger partial charge in [-0.05, 0) is 31.7 Å². The fourth-order valence-electron chi connectivity index (χ4n) is 2.52. The topological polar surface area (TPSA) is 55.2 Å². The molecule has 0 radical (unpaired) electrons. The second-order valence-corrected chi connectivity index (χ2v) is 5.56. The first-order valence-electron chi connectivity index (χ1n) is 6.54. The van der Waals surface area contributed by atoms with Crippen LogP contribution in [-0.2, 0) is 0 Å². The van der Waals surface area contributed by atoms with E-state index in [2.05, 4.69) is 5.32 Å². The van der Waals surface area contributed by atoms with Crippen LogP contribution >= 0.6 is 11.6 Å². The maximum atomic E-state index is 12.6. The Morgan fingerprint density at radius 1 is 1.24 bits per heavy atom. The van der Waals surface area contributed by atoms with Crippen molar-refractivity contribution >= 4 is 23.0 Å². The van der Waals surface area contributed by atoms with E-state index in [-0.39, 0.29) is 24.6 Å². The van der Waals surface area contributed by atoms with Crippen molar-refractivity contribution in [1.29, 1.82) is 0 Å². The standard InChI is InChI=1S/C13H14ClF3N2O2/c14-11-6-5-10(19(20)21)7-12(11)18-9-3-1-8(2-4-9)13(15,16)17/h5-9,18H,1-4H2. The van der Waals surface area contributed by atoms with Gasteiger partial charge in [0.25, 0.3) is 5.69 Å². The molecule has 0 aliphatic heterocycles. The molecule has 8 heteroatoms. The number of hydrogen-bond acceptors (Lipinski definition) is 3. The van der Waals surface area contributed by atoms with Crippen LogP contribution in [0.4, 0.5) is 24.5 Å². The highest BCUT2D eigenvalue weighted by atomic mass is 35.5. The number of rotatable bonds is 3. The number of nitrogens with zero attached hydrogens (tertiary/aromatic N) is 1. The van der Waals surface area contributed by atoms with Crippen LogP contribution in [-0.4, -0.2) is 17.1 Å². The summed E-state index contributed by atoms with van der Waals surface area (Å²) in [6, 6.07) is 3.85. The van der Waals surface area contributed by atoms with Crippen LogP contribution < -0.4 is 5.32 Å². The van der Waals surface area contributed by atoms with Crippen molar-refractivity contribution in [3.8, 4) is 0 Å². The molecule has 1 aliphatic rings. The Labute approximate surface area is 124 Å². The average Bonchev–Trinajstić information content (AvgIpc) is 2.40. The summed E-state index contributed by atoms with van der Waals surface area (Å²) >= 11 is 5.96. The van der Waals surface area contributed by atoms with Crippen molar-refractivity contribution in [3.63, 3.8) is 0 Å². The Morgan fingerprint density at radius 2 is 1.86 bits per heavy atom. The third-order valence-electron chi connectivity index (χ3n) is 3.71. The molecule has 1 aromatic rings. The molecule has 1 fully saturated rings. The predicted octanol–water partition coefficient (Wildman–Crippen LogP) is 4.78. The van der Waals surface area contributed by atoms with E-state index in [1.807, 2.05) is 0 Å². The summed E-state index contributed by atoms with van der Waals surface area (Å²) in [5, 5.41) is 14.1. The number of halogens is 4.